The van der Waals surface area contributed by atoms with Gasteiger partial charge in [-0.15, -0.1) is 0 Å². The lowest BCUT2D eigenvalue weighted by Crippen LogP contribution is -2.43. The van der Waals surface area contributed by atoms with E-state index in [9.17, 15) is 9.59 Å². The van der Waals surface area contributed by atoms with Gasteiger partial charge in [0.1, 0.15) is 0 Å². The fourth-order valence-electron chi connectivity index (χ4n) is 2.51. The molecule has 2 rings (SSSR count). The lowest BCUT2D eigenvalue weighted by atomic mass is 10.2. The Bertz CT molecular complexity index is 548. The third-order valence-electron chi connectivity index (χ3n) is 3.67. The fourth-order valence-corrected chi connectivity index (χ4v) is 2.63. The average molecular weight is 339 g/mol. The highest BCUT2D eigenvalue weighted by atomic mass is 35.5. The van der Waals surface area contributed by atoms with Crippen molar-refractivity contribution < 1.29 is 9.59 Å². The molecule has 0 aromatic heterocycles. The van der Waals surface area contributed by atoms with Crippen molar-refractivity contribution in [2.45, 2.75) is 18.9 Å². The van der Waals surface area contributed by atoms with Crippen LogP contribution in [0.4, 0.5) is 10.5 Å². The van der Waals surface area contributed by atoms with Crippen LogP contribution in [0.25, 0.3) is 0 Å². The van der Waals surface area contributed by atoms with Gasteiger partial charge in [0, 0.05) is 30.2 Å². The summed E-state index contributed by atoms with van der Waals surface area (Å²) in [4.78, 5) is 27.7. The molecule has 1 heterocycles. The van der Waals surface area contributed by atoms with Gasteiger partial charge < -0.3 is 20.4 Å². The number of rotatable bonds is 6. The van der Waals surface area contributed by atoms with E-state index in [1.165, 1.54) is 0 Å². The van der Waals surface area contributed by atoms with Gasteiger partial charge in [-0.25, -0.2) is 4.79 Å². The van der Waals surface area contributed by atoms with Gasteiger partial charge in [-0.1, -0.05) is 11.6 Å². The number of carbonyl (C=O) groups excluding carboxylic acids is 2. The first-order valence-electron chi connectivity index (χ1n) is 7.70. The van der Waals surface area contributed by atoms with Crippen LogP contribution in [0.1, 0.15) is 12.8 Å². The van der Waals surface area contributed by atoms with E-state index in [0.717, 1.165) is 18.7 Å². The van der Waals surface area contributed by atoms with Gasteiger partial charge in [-0.2, -0.15) is 0 Å². The third-order valence-corrected chi connectivity index (χ3v) is 3.92. The van der Waals surface area contributed by atoms with Gasteiger partial charge in [0.15, 0.2) is 0 Å². The Morgan fingerprint density at radius 2 is 2.04 bits per heavy atom. The highest BCUT2D eigenvalue weighted by Gasteiger charge is 2.31. The van der Waals surface area contributed by atoms with Crippen molar-refractivity contribution in [3.8, 4) is 0 Å². The fraction of sp³-hybridized carbons (Fsp3) is 0.500. The molecule has 3 amide bonds. The van der Waals surface area contributed by atoms with E-state index in [0.29, 0.717) is 24.5 Å². The van der Waals surface area contributed by atoms with Crippen LogP contribution in [0, 0.1) is 0 Å². The van der Waals surface area contributed by atoms with Crippen molar-refractivity contribution in [2.24, 2.45) is 0 Å². The minimum absolute atomic E-state index is 0.00484. The van der Waals surface area contributed by atoms with Crippen LogP contribution in [0.15, 0.2) is 24.3 Å². The number of nitrogens with zero attached hydrogens (tertiary/aromatic N) is 2. The van der Waals surface area contributed by atoms with Gasteiger partial charge in [-0.3, -0.25) is 4.79 Å². The summed E-state index contributed by atoms with van der Waals surface area (Å²) in [5.74, 6) is 0.00484. The zero-order valence-electron chi connectivity index (χ0n) is 13.5. The minimum atomic E-state index is -0.223. The summed E-state index contributed by atoms with van der Waals surface area (Å²) in [6.07, 6.45) is 1.20. The standard InChI is InChI=1S/C16H23ClN4O2/c1-20(2)9-3-8-18-16(23)19-13-10-15(22)21(11-13)14-6-4-12(17)5-7-14/h4-7,13H,3,8-11H2,1-2H3,(H2,18,19,23)/t13-/m0/s1. The molecule has 0 bridgehead atoms. The Hall–Kier alpha value is -1.79. The van der Waals surface area contributed by atoms with Crippen LogP contribution >= 0.6 is 11.6 Å². The smallest absolute Gasteiger partial charge is 0.315 e. The monoisotopic (exact) mass is 338 g/mol. The second-order valence-corrected chi connectivity index (χ2v) is 6.38. The van der Waals surface area contributed by atoms with Crippen LogP contribution in [-0.4, -0.2) is 56.6 Å². The van der Waals surface area contributed by atoms with Crippen LogP contribution in [0.3, 0.4) is 0 Å². The van der Waals surface area contributed by atoms with Gasteiger partial charge in [0.25, 0.3) is 0 Å². The van der Waals surface area contributed by atoms with Crippen LogP contribution in [0.5, 0.6) is 0 Å². The second kappa shape index (κ2) is 8.17. The first kappa shape index (κ1) is 17.6. The molecule has 1 aromatic carbocycles. The maximum atomic E-state index is 12.1. The largest absolute Gasteiger partial charge is 0.338 e. The van der Waals surface area contributed by atoms with Gasteiger partial charge >= 0.3 is 6.03 Å². The molecule has 1 aliphatic heterocycles. The molecule has 1 fully saturated rings. The number of benzene rings is 1. The van der Waals surface area contributed by atoms with Crippen molar-refractivity contribution in [1.82, 2.24) is 15.5 Å². The summed E-state index contributed by atoms with van der Waals surface area (Å²) in [6, 6.07) is 6.73. The maximum Gasteiger partial charge on any atom is 0.315 e. The lowest BCUT2D eigenvalue weighted by Gasteiger charge is -2.17. The lowest BCUT2D eigenvalue weighted by molar-refractivity contribution is -0.117. The van der Waals surface area contributed by atoms with Crippen molar-refractivity contribution >= 4 is 29.2 Å². The summed E-state index contributed by atoms with van der Waals surface area (Å²) in [7, 11) is 3.99. The molecule has 1 aliphatic rings. The molecule has 23 heavy (non-hydrogen) atoms. The molecule has 126 valence electrons. The Morgan fingerprint density at radius 1 is 1.35 bits per heavy atom. The third kappa shape index (κ3) is 5.41. The molecule has 0 radical (unpaired) electrons. The van der Waals surface area contributed by atoms with E-state index >= 15 is 0 Å². The van der Waals surface area contributed by atoms with Gasteiger partial charge in [-0.05, 0) is 51.3 Å². The topological polar surface area (TPSA) is 64.7 Å². The number of anilines is 1. The molecule has 0 spiro atoms. The Morgan fingerprint density at radius 3 is 2.70 bits per heavy atom. The van der Waals surface area contributed by atoms with Crippen molar-refractivity contribution in [2.75, 3.05) is 38.6 Å². The van der Waals surface area contributed by atoms with E-state index in [2.05, 4.69) is 15.5 Å². The van der Waals surface area contributed by atoms with Crippen LogP contribution in [0.2, 0.25) is 5.02 Å². The normalized spacial score (nSPS) is 17.7. The number of halogens is 1. The molecule has 7 heteroatoms. The molecular formula is C16H23ClN4O2. The number of nitrogens with one attached hydrogen (secondary N) is 2. The van der Waals surface area contributed by atoms with Gasteiger partial charge in [0.2, 0.25) is 5.91 Å². The highest BCUT2D eigenvalue weighted by molar-refractivity contribution is 6.30. The van der Waals surface area contributed by atoms with E-state index < -0.39 is 0 Å². The van der Waals surface area contributed by atoms with Crippen molar-refractivity contribution in [1.29, 1.82) is 0 Å². The highest BCUT2D eigenvalue weighted by Crippen LogP contribution is 2.23. The Kier molecular flexibility index (Phi) is 6.24. The molecule has 0 saturated carbocycles. The first-order valence-corrected chi connectivity index (χ1v) is 8.08. The van der Waals surface area contributed by atoms with Crippen LogP contribution < -0.4 is 15.5 Å². The second-order valence-electron chi connectivity index (χ2n) is 5.94. The molecule has 1 aromatic rings. The number of carbonyl (C=O) groups is 2. The predicted octanol–water partition coefficient (Wildman–Crippen LogP) is 1.70. The Balaban J connectivity index is 1.78. The quantitative estimate of drug-likeness (QED) is 0.776. The van der Waals surface area contributed by atoms with Crippen molar-refractivity contribution in [3.05, 3.63) is 29.3 Å². The zero-order chi connectivity index (χ0) is 16.8. The number of hydrogen-bond acceptors (Lipinski definition) is 3. The number of hydrogen-bond donors (Lipinski definition) is 2. The Labute approximate surface area is 141 Å². The summed E-state index contributed by atoms with van der Waals surface area (Å²) in [5, 5.41) is 6.31. The van der Waals surface area contributed by atoms with E-state index in [4.69, 9.17) is 11.6 Å². The molecule has 2 N–H and O–H groups in total. The maximum absolute atomic E-state index is 12.1. The predicted molar refractivity (Wildman–Crippen MR) is 91.9 cm³/mol. The van der Waals surface area contributed by atoms with Gasteiger partial charge in [0.05, 0.1) is 6.04 Å². The molecule has 0 aliphatic carbocycles. The van der Waals surface area contributed by atoms with E-state index in [1.54, 1.807) is 17.0 Å². The number of urea groups is 1. The molecule has 6 nitrogen and oxygen atoms in total. The molecule has 1 saturated heterocycles. The van der Waals surface area contributed by atoms with Crippen LogP contribution in [-0.2, 0) is 4.79 Å². The van der Waals surface area contributed by atoms with Crippen molar-refractivity contribution in [3.63, 3.8) is 0 Å². The molecular weight excluding hydrogens is 316 g/mol. The van der Waals surface area contributed by atoms with E-state index in [1.807, 2.05) is 26.2 Å². The summed E-state index contributed by atoms with van der Waals surface area (Å²) >= 11 is 5.86. The number of amides is 3. The van der Waals surface area contributed by atoms with E-state index in [-0.39, 0.29) is 18.0 Å². The first-order chi connectivity index (χ1) is 11.0. The minimum Gasteiger partial charge on any atom is -0.338 e. The zero-order valence-corrected chi connectivity index (χ0v) is 14.3. The SMILES string of the molecule is CN(C)CCCNC(=O)N[C@H]1CC(=O)N(c2ccc(Cl)cc2)C1. The molecule has 1 atom stereocenters. The summed E-state index contributed by atoms with van der Waals surface area (Å²) in [6.45, 7) is 2.02. The average Bonchev–Trinajstić information content (AvgIpc) is 2.85. The summed E-state index contributed by atoms with van der Waals surface area (Å²) in [5.41, 5.74) is 0.801. The summed E-state index contributed by atoms with van der Waals surface area (Å²) < 4.78 is 0. The molecule has 0 unspecified atom stereocenters.